The summed E-state index contributed by atoms with van der Waals surface area (Å²) in [5, 5.41) is 12.0. The van der Waals surface area contributed by atoms with Crippen LogP contribution in [0.3, 0.4) is 0 Å². The summed E-state index contributed by atoms with van der Waals surface area (Å²) in [7, 11) is 0. The van der Waals surface area contributed by atoms with Crippen LogP contribution in [0, 0.1) is 10.1 Å². The first-order valence-corrected chi connectivity index (χ1v) is 9.39. The van der Waals surface area contributed by atoms with E-state index in [4.69, 9.17) is 10.7 Å². The van der Waals surface area contributed by atoms with Crippen molar-refractivity contribution in [2.45, 2.75) is 18.8 Å². The maximum Gasteiger partial charge on any atom is 0.288 e. The summed E-state index contributed by atoms with van der Waals surface area (Å²) in [4.78, 5) is 33.1. The Balaban J connectivity index is 1.65. The lowest BCUT2D eigenvalue weighted by molar-refractivity contribution is -0.385. The summed E-state index contributed by atoms with van der Waals surface area (Å²) in [5.74, 6) is -0.101. The highest BCUT2D eigenvalue weighted by Gasteiger charge is 2.28. The second kappa shape index (κ2) is 6.92. The molecule has 3 aromatic rings. The van der Waals surface area contributed by atoms with E-state index in [9.17, 15) is 14.9 Å². The zero-order valence-corrected chi connectivity index (χ0v) is 15.2. The molecule has 2 N–H and O–H groups in total. The van der Waals surface area contributed by atoms with Gasteiger partial charge in [0.2, 0.25) is 0 Å². The Morgan fingerprint density at radius 3 is 2.93 bits per heavy atom. The number of fused-ring (bicyclic) bond motifs is 1. The van der Waals surface area contributed by atoms with Crippen LogP contribution < -0.4 is 10.6 Å². The molecule has 0 saturated carbocycles. The number of hydrogen-bond acceptors (Lipinski definition) is 7. The predicted octanol–water partition coefficient (Wildman–Crippen LogP) is 3.08. The minimum absolute atomic E-state index is 0.0779. The van der Waals surface area contributed by atoms with E-state index in [0.29, 0.717) is 18.9 Å². The Hall–Kier alpha value is -3.07. The average Bonchev–Trinajstić information content (AvgIpc) is 3.12. The minimum atomic E-state index is -0.719. The van der Waals surface area contributed by atoms with Crippen molar-refractivity contribution >= 4 is 39.0 Å². The van der Waals surface area contributed by atoms with E-state index in [-0.39, 0.29) is 17.2 Å². The molecule has 27 heavy (non-hydrogen) atoms. The van der Waals surface area contributed by atoms with Crippen molar-refractivity contribution in [3.8, 4) is 0 Å². The van der Waals surface area contributed by atoms with Crippen LogP contribution in [0.4, 0.5) is 11.5 Å². The third-order valence-electron chi connectivity index (χ3n) is 4.71. The molecule has 3 heterocycles. The topological polar surface area (TPSA) is 115 Å². The SMILES string of the molecule is NC(=O)c1cc([N+](=O)[O-])cnc1N1CCC[C@H](c2nc3ccccc3s2)C1. The molecule has 1 aliphatic rings. The molecule has 1 aliphatic heterocycles. The maximum absolute atomic E-state index is 11.8. The van der Waals surface area contributed by atoms with Gasteiger partial charge in [-0.1, -0.05) is 12.1 Å². The molecule has 9 heteroatoms. The van der Waals surface area contributed by atoms with Crippen molar-refractivity contribution in [1.29, 1.82) is 0 Å². The van der Waals surface area contributed by atoms with Gasteiger partial charge in [-0.05, 0) is 25.0 Å². The third kappa shape index (κ3) is 3.33. The smallest absolute Gasteiger partial charge is 0.288 e. The van der Waals surface area contributed by atoms with Gasteiger partial charge in [-0.2, -0.15) is 0 Å². The average molecular weight is 383 g/mol. The van der Waals surface area contributed by atoms with Gasteiger partial charge in [0.25, 0.3) is 11.6 Å². The molecular formula is C18H17N5O3S. The van der Waals surface area contributed by atoms with Crippen molar-refractivity contribution < 1.29 is 9.72 Å². The van der Waals surface area contributed by atoms with Gasteiger partial charge in [0.15, 0.2) is 0 Å². The second-order valence-electron chi connectivity index (χ2n) is 6.49. The zero-order chi connectivity index (χ0) is 19.0. The lowest BCUT2D eigenvalue weighted by atomic mass is 9.98. The number of carbonyl (C=O) groups is 1. The lowest BCUT2D eigenvalue weighted by Gasteiger charge is -2.33. The highest BCUT2D eigenvalue weighted by Crippen LogP contribution is 2.35. The number of hydrogen-bond donors (Lipinski definition) is 1. The number of nitro groups is 1. The molecule has 1 atom stereocenters. The normalized spacial score (nSPS) is 17.2. The van der Waals surface area contributed by atoms with Gasteiger partial charge in [0, 0.05) is 25.1 Å². The molecule has 0 radical (unpaired) electrons. The first kappa shape index (κ1) is 17.3. The second-order valence-corrected chi connectivity index (χ2v) is 7.55. The fourth-order valence-electron chi connectivity index (χ4n) is 3.42. The molecule has 0 aliphatic carbocycles. The van der Waals surface area contributed by atoms with Crippen LogP contribution in [0.2, 0.25) is 0 Å². The number of benzene rings is 1. The number of primary amides is 1. The Morgan fingerprint density at radius 1 is 1.37 bits per heavy atom. The third-order valence-corrected chi connectivity index (χ3v) is 5.91. The van der Waals surface area contributed by atoms with Crippen molar-refractivity contribution in [3.05, 3.63) is 57.2 Å². The first-order valence-electron chi connectivity index (χ1n) is 8.57. The van der Waals surface area contributed by atoms with Gasteiger partial charge in [0.1, 0.15) is 12.0 Å². The maximum atomic E-state index is 11.8. The zero-order valence-electron chi connectivity index (χ0n) is 14.4. The van der Waals surface area contributed by atoms with Crippen LogP contribution in [0.1, 0.15) is 34.1 Å². The molecule has 138 valence electrons. The van der Waals surface area contributed by atoms with Crippen molar-refractivity contribution in [2.75, 3.05) is 18.0 Å². The number of carbonyl (C=O) groups excluding carboxylic acids is 1. The summed E-state index contributed by atoms with van der Waals surface area (Å²) in [6.45, 7) is 1.36. The predicted molar refractivity (Wildman–Crippen MR) is 103 cm³/mol. The molecule has 1 fully saturated rings. The molecule has 0 bridgehead atoms. The van der Waals surface area contributed by atoms with Gasteiger partial charge < -0.3 is 10.6 Å². The number of piperidine rings is 1. The first-order chi connectivity index (χ1) is 13.0. The van der Waals surface area contributed by atoms with E-state index >= 15 is 0 Å². The molecular weight excluding hydrogens is 366 g/mol. The largest absolute Gasteiger partial charge is 0.365 e. The fourth-order valence-corrected chi connectivity index (χ4v) is 4.51. The quantitative estimate of drug-likeness (QED) is 0.547. The molecule has 1 aromatic carbocycles. The van der Waals surface area contributed by atoms with E-state index in [1.165, 1.54) is 12.3 Å². The Kier molecular flexibility index (Phi) is 4.44. The van der Waals surface area contributed by atoms with E-state index in [0.717, 1.165) is 28.1 Å². The number of para-hydroxylation sites is 1. The van der Waals surface area contributed by atoms with Crippen LogP contribution in [-0.4, -0.2) is 33.9 Å². The molecule has 2 aromatic heterocycles. The summed E-state index contributed by atoms with van der Waals surface area (Å²) >= 11 is 1.68. The van der Waals surface area contributed by atoms with Crippen LogP contribution in [-0.2, 0) is 0 Å². The number of aromatic nitrogens is 2. The Morgan fingerprint density at radius 2 is 2.19 bits per heavy atom. The number of anilines is 1. The van der Waals surface area contributed by atoms with Gasteiger partial charge >= 0.3 is 0 Å². The van der Waals surface area contributed by atoms with Crippen LogP contribution >= 0.6 is 11.3 Å². The van der Waals surface area contributed by atoms with Gasteiger partial charge in [-0.3, -0.25) is 14.9 Å². The summed E-state index contributed by atoms with van der Waals surface area (Å²) in [6, 6.07) is 9.22. The molecule has 8 nitrogen and oxygen atoms in total. The fraction of sp³-hybridized carbons (Fsp3) is 0.278. The van der Waals surface area contributed by atoms with E-state index in [1.54, 1.807) is 11.3 Å². The monoisotopic (exact) mass is 383 g/mol. The van der Waals surface area contributed by atoms with Crippen LogP contribution in [0.15, 0.2) is 36.5 Å². The number of nitrogens with zero attached hydrogens (tertiary/aromatic N) is 4. The van der Waals surface area contributed by atoms with E-state index in [1.807, 2.05) is 23.1 Å². The molecule has 0 spiro atoms. The van der Waals surface area contributed by atoms with Crippen molar-refractivity contribution in [2.24, 2.45) is 5.73 Å². The number of nitrogens with two attached hydrogens (primary N) is 1. The van der Waals surface area contributed by atoms with Gasteiger partial charge in [0.05, 0.1) is 25.7 Å². The summed E-state index contributed by atoms with van der Waals surface area (Å²) < 4.78 is 1.15. The highest BCUT2D eigenvalue weighted by atomic mass is 32.1. The standard InChI is InChI=1S/C18H17N5O3S/c19-16(24)13-8-12(23(25)26)9-20-17(13)22-7-3-4-11(10-22)18-21-14-5-1-2-6-15(14)27-18/h1-2,5-6,8-9,11H,3-4,7,10H2,(H2,19,24)/t11-/m0/s1. The molecule has 1 saturated heterocycles. The van der Waals surface area contributed by atoms with Crippen molar-refractivity contribution in [3.63, 3.8) is 0 Å². The highest BCUT2D eigenvalue weighted by molar-refractivity contribution is 7.18. The van der Waals surface area contributed by atoms with Gasteiger partial charge in [-0.25, -0.2) is 9.97 Å². The number of pyridine rings is 1. The Labute approximate surface area is 158 Å². The van der Waals surface area contributed by atoms with Crippen LogP contribution in [0.25, 0.3) is 10.2 Å². The van der Waals surface area contributed by atoms with E-state index < -0.39 is 10.8 Å². The minimum Gasteiger partial charge on any atom is -0.365 e. The van der Waals surface area contributed by atoms with Gasteiger partial charge in [-0.15, -0.1) is 11.3 Å². The molecule has 0 unspecified atom stereocenters. The number of amides is 1. The lowest BCUT2D eigenvalue weighted by Crippen LogP contribution is -2.36. The Bertz CT molecular complexity index is 1000. The molecule has 1 amide bonds. The van der Waals surface area contributed by atoms with Crippen molar-refractivity contribution in [1.82, 2.24) is 9.97 Å². The van der Waals surface area contributed by atoms with E-state index in [2.05, 4.69) is 11.1 Å². The number of thiazole rings is 1. The van der Waals surface area contributed by atoms with Crippen LogP contribution in [0.5, 0.6) is 0 Å². The summed E-state index contributed by atoms with van der Waals surface area (Å²) in [6.07, 6.45) is 3.08. The number of rotatable bonds is 4. The molecule has 4 rings (SSSR count). The summed E-state index contributed by atoms with van der Waals surface area (Å²) in [5.41, 5.74) is 6.27.